The highest BCUT2D eigenvalue weighted by Crippen LogP contribution is 2.45. The summed E-state index contributed by atoms with van der Waals surface area (Å²) in [4.78, 5) is 29.1. The molecule has 2 fully saturated rings. The van der Waals surface area contributed by atoms with Crippen LogP contribution in [0.4, 0.5) is 4.79 Å². The third-order valence-electron chi connectivity index (χ3n) is 4.37. The summed E-state index contributed by atoms with van der Waals surface area (Å²) in [5, 5.41) is 2.60. The van der Waals surface area contributed by atoms with Gasteiger partial charge in [0.05, 0.1) is 0 Å². The Morgan fingerprint density at radius 2 is 2.08 bits per heavy atom. The van der Waals surface area contributed by atoms with Crippen molar-refractivity contribution in [1.82, 2.24) is 15.3 Å². The van der Waals surface area contributed by atoms with Crippen molar-refractivity contribution in [1.29, 1.82) is 0 Å². The number of ether oxygens (including phenoxy) is 1. The molecule has 7 nitrogen and oxygen atoms in total. The number of nitrogens with one attached hydrogen (secondary N) is 2. The van der Waals surface area contributed by atoms with Crippen molar-refractivity contribution in [3.05, 3.63) is 18.2 Å². The van der Waals surface area contributed by atoms with Crippen LogP contribution in [0.3, 0.4) is 0 Å². The lowest BCUT2D eigenvalue weighted by Crippen LogP contribution is -2.36. The van der Waals surface area contributed by atoms with Gasteiger partial charge < -0.3 is 25.6 Å². The normalized spacial score (nSPS) is 19.5. The van der Waals surface area contributed by atoms with Crippen molar-refractivity contribution < 1.29 is 14.3 Å². The van der Waals surface area contributed by atoms with Crippen LogP contribution in [0.5, 0.6) is 0 Å². The molecule has 0 atom stereocenters. The van der Waals surface area contributed by atoms with Gasteiger partial charge in [0.1, 0.15) is 17.7 Å². The highest BCUT2D eigenvalue weighted by molar-refractivity contribution is 5.70. The van der Waals surface area contributed by atoms with Crippen LogP contribution in [-0.4, -0.2) is 41.0 Å². The van der Waals surface area contributed by atoms with E-state index < -0.39 is 11.7 Å². The van der Waals surface area contributed by atoms with Crippen molar-refractivity contribution in [3.63, 3.8) is 0 Å². The van der Waals surface area contributed by atoms with Crippen LogP contribution < -0.4 is 11.1 Å². The molecule has 0 aliphatic heterocycles. The van der Waals surface area contributed by atoms with Crippen LogP contribution >= 0.6 is 0 Å². The number of hydrogen-bond donors (Lipinski definition) is 3. The van der Waals surface area contributed by atoms with Gasteiger partial charge in [-0.1, -0.05) is 0 Å². The zero-order chi connectivity index (χ0) is 17.8. The van der Waals surface area contributed by atoms with E-state index in [0.29, 0.717) is 6.54 Å². The molecule has 24 heavy (non-hydrogen) atoms. The van der Waals surface area contributed by atoms with E-state index in [1.807, 2.05) is 6.20 Å². The summed E-state index contributed by atoms with van der Waals surface area (Å²) in [5.41, 5.74) is 5.05. The lowest BCUT2D eigenvalue weighted by molar-refractivity contribution is -0.112. The van der Waals surface area contributed by atoms with Gasteiger partial charge in [0, 0.05) is 36.3 Å². The average molecular weight is 336 g/mol. The zero-order valence-electron chi connectivity index (χ0n) is 14.7. The van der Waals surface area contributed by atoms with Gasteiger partial charge in [-0.3, -0.25) is 0 Å². The van der Waals surface area contributed by atoms with E-state index in [1.54, 1.807) is 27.0 Å². The van der Waals surface area contributed by atoms with Crippen LogP contribution in [0.15, 0.2) is 12.4 Å². The number of alkyl carbamates (subject to hydrolysis) is 1. The summed E-state index contributed by atoms with van der Waals surface area (Å²) < 4.78 is 5.04. The third-order valence-corrected chi connectivity index (χ3v) is 4.37. The fraction of sp³-hybridized carbons (Fsp3) is 0.706. The van der Waals surface area contributed by atoms with Gasteiger partial charge in [-0.25, -0.2) is 9.78 Å². The Labute approximate surface area is 142 Å². The maximum atomic E-state index is 11.2. The van der Waals surface area contributed by atoms with Crippen LogP contribution in [-0.2, 0) is 14.9 Å². The van der Waals surface area contributed by atoms with Crippen LogP contribution in [0, 0.1) is 5.41 Å². The number of carbonyl (C=O) groups excluding carboxylic acids is 2. The first kappa shape index (κ1) is 18.4. The number of H-pyrrole nitrogens is 1. The number of carbonyl (C=O) groups is 2. The molecular formula is C17H28N4O3. The first-order valence-corrected chi connectivity index (χ1v) is 8.37. The first-order valence-electron chi connectivity index (χ1n) is 8.37. The van der Waals surface area contributed by atoms with E-state index in [2.05, 4.69) is 15.3 Å². The SMILES string of the molecule is CC(C)(C)OC(=O)NCC1(C=O)CC1.NCC1(c2ncc[nH]2)CC1. The molecule has 1 aromatic rings. The van der Waals surface area contributed by atoms with Gasteiger partial charge in [-0.2, -0.15) is 0 Å². The van der Waals surface area contributed by atoms with Crippen molar-refractivity contribution in [2.75, 3.05) is 13.1 Å². The van der Waals surface area contributed by atoms with Crippen LogP contribution in [0.2, 0.25) is 0 Å². The molecule has 0 spiro atoms. The molecule has 1 heterocycles. The predicted molar refractivity (Wildman–Crippen MR) is 90.5 cm³/mol. The van der Waals surface area contributed by atoms with E-state index in [0.717, 1.165) is 31.5 Å². The second kappa shape index (κ2) is 6.93. The Kier molecular flexibility index (Phi) is 5.32. The number of nitrogens with two attached hydrogens (primary N) is 1. The number of amides is 1. The molecule has 2 aliphatic rings. The van der Waals surface area contributed by atoms with Gasteiger partial charge in [-0.15, -0.1) is 0 Å². The molecule has 1 amide bonds. The monoisotopic (exact) mass is 336 g/mol. The predicted octanol–water partition coefficient (Wildman–Crippen LogP) is 1.89. The van der Waals surface area contributed by atoms with Crippen molar-refractivity contribution in [2.45, 2.75) is 57.5 Å². The fourth-order valence-corrected chi connectivity index (χ4v) is 2.30. The molecule has 7 heteroatoms. The molecule has 2 aliphatic carbocycles. The molecule has 0 saturated heterocycles. The minimum Gasteiger partial charge on any atom is -0.444 e. The highest BCUT2D eigenvalue weighted by atomic mass is 16.6. The second-order valence-electron chi connectivity index (χ2n) is 7.76. The van der Waals surface area contributed by atoms with Gasteiger partial charge in [0.2, 0.25) is 0 Å². The largest absolute Gasteiger partial charge is 0.444 e. The van der Waals surface area contributed by atoms with Crippen molar-refractivity contribution in [2.24, 2.45) is 11.1 Å². The third kappa shape index (κ3) is 5.06. The fourth-order valence-electron chi connectivity index (χ4n) is 2.30. The first-order chi connectivity index (χ1) is 11.2. The molecule has 4 N–H and O–H groups in total. The molecule has 1 aromatic heterocycles. The molecule has 0 unspecified atom stereocenters. The summed E-state index contributed by atoms with van der Waals surface area (Å²) in [5.74, 6) is 1.06. The topological polar surface area (TPSA) is 110 Å². The summed E-state index contributed by atoms with van der Waals surface area (Å²) in [7, 11) is 0. The molecule has 0 bridgehead atoms. The van der Waals surface area contributed by atoms with E-state index >= 15 is 0 Å². The number of aromatic nitrogens is 2. The highest BCUT2D eigenvalue weighted by Gasteiger charge is 2.45. The van der Waals surface area contributed by atoms with E-state index in [-0.39, 0.29) is 10.8 Å². The average Bonchev–Trinajstić information content (AvgIpc) is 3.43. The Bertz CT molecular complexity index is 555. The lowest BCUT2D eigenvalue weighted by Gasteiger charge is -2.20. The number of nitrogens with zero attached hydrogens (tertiary/aromatic N) is 1. The summed E-state index contributed by atoms with van der Waals surface area (Å²) in [6.07, 6.45) is 8.22. The van der Waals surface area contributed by atoms with E-state index in [9.17, 15) is 9.59 Å². The Balaban J connectivity index is 0.000000182. The number of hydrogen-bond acceptors (Lipinski definition) is 5. The minimum atomic E-state index is -0.484. The van der Waals surface area contributed by atoms with Crippen molar-refractivity contribution in [3.8, 4) is 0 Å². The molecule has 134 valence electrons. The van der Waals surface area contributed by atoms with Crippen LogP contribution in [0.1, 0.15) is 52.3 Å². The maximum absolute atomic E-state index is 11.2. The molecule has 0 radical (unpaired) electrons. The summed E-state index contributed by atoms with van der Waals surface area (Å²) in [6.45, 7) is 6.53. The van der Waals surface area contributed by atoms with Gasteiger partial charge >= 0.3 is 6.09 Å². The number of aromatic amines is 1. The zero-order valence-corrected chi connectivity index (χ0v) is 14.7. The Morgan fingerprint density at radius 3 is 2.46 bits per heavy atom. The molecule has 2 saturated carbocycles. The van der Waals surface area contributed by atoms with Gasteiger partial charge in [-0.05, 0) is 46.5 Å². The summed E-state index contributed by atoms with van der Waals surface area (Å²) >= 11 is 0. The molecule has 0 aromatic carbocycles. The number of imidazole rings is 1. The smallest absolute Gasteiger partial charge is 0.407 e. The van der Waals surface area contributed by atoms with Crippen LogP contribution in [0.25, 0.3) is 0 Å². The minimum absolute atomic E-state index is 0.226. The molecule has 3 rings (SSSR count). The standard InChI is InChI=1S/C10H17NO3.C7H11N3/c1-9(2,3)14-8(13)11-6-10(7-12)4-5-10;8-5-7(1-2-7)6-9-3-4-10-6/h7H,4-6H2,1-3H3,(H,11,13);3-4H,1-2,5,8H2,(H,9,10). The Morgan fingerprint density at radius 1 is 1.42 bits per heavy atom. The molecular weight excluding hydrogens is 308 g/mol. The van der Waals surface area contributed by atoms with Gasteiger partial charge in [0.25, 0.3) is 0 Å². The quantitative estimate of drug-likeness (QED) is 0.711. The lowest BCUT2D eigenvalue weighted by atomic mass is 10.1. The van der Waals surface area contributed by atoms with E-state index in [4.69, 9.17) is 10.5 Å². The maximum Gasteiger partial charge on any atom is 0.407 e. The second-order valence-corrected chi connectivity index (χ2v) is 7.76. The van der Waals surface area contributed by atoms with E-state index in [1.165, 1.54) is 12.8 Å². The number of aldehydes is 1. The number of rotatable bonds is 5. The Hall–Kier alpha value is -1.89. The van der Waals surface area contributed by atoms with Crippen molar-refractivity contribution >= 4 is 12.4 Å². The summed E-state index contributed by atoms with van der Waals surface area (Å²) in [6, 6.07) is 0. The van der Waals surface area contributed by atoms with Gasteiger partial charge in [0.15, 0.2) is 0 Å².